The van der Waals surface area contributed by atoms with Gasteiger partial charge in [-0.2, -0.15) is 0 Å². The third-order valence-corrected chi connectivity index (χ3v) is 2.91. The quantitative estimate of drug-likeness (QED) is 0.512. The number of rotatable bonds is 6. The van der Waals surface area contributed by atoms with E-state index in [9.17, 15) is 14.4 Å². The summed E-state index contributed by atoms with van der Waals surface area (Å²) in [5.41, 5.74) is 6.63. The van der Waals surface area contributed by atoms with Gasteiger partial charge in [-0.25, -0.2) is 0 Å². The van der Waals surface area contributed by atoms with Gasteiger partial charge >= 0.3 is 11.9 Å². The number of halogens is 1. The van der Waals surface area contributed by atoms with E-state index in [-0.39, 0.29) is 11.8 Å². The van der Waals surface area contributed by atoms with E-state index in [1.807, 2.05) is 30.3 Å². The molecule has 0 heterocycles. The predicted octanol–water partition coefficient (Wildman–Crippen LogP) is 0.544. The second-order valence-corrected chi connectivity index (χ2v) is 4.85. The van der Waals surface area contributed by atoms with E-state index in [4.69, 9.17) is 22.4 Å². The second-order valence-electron chi connectivity index (χ2n) is 4.58. The van der Waals surface area contributed by atoms with Crippen molar-refractivity contribution in [3.05, 3.63) is 35.9 Å². The van der Waals surface area contributed by atoms with Crippen LogP contribution in [0.25, 0.3) is 0 Å². The number of hydrogen-bond donors (Lipinski definition) is 3. The first kappa shape index (κ1) is 20.9. The van der Waals surface area contributed by atoms with E-state index < -0.39 is 24.0 Å². The largest absolute Gasteiger partial charge is 0.480 e. The van der Waals surface area contributed by atoms with Gasteiger partial charge in [-0.3, -0.25) is 14.4 Å². The molecule has 0 aliphatic rings. The monoisotopic (exact) mass is 344 g/mol. The van der Waals surface area contributed by atoms with Crippen LogP contribution in [0.1, 0.15) is 12.5 Å². The highest BCUT2D eigenvalue weighted by Crippen LogP contribution is 2.02. The fourth-order valence-corrected chi connectivity index (χ4v) is 1.52. The van der Waals surface area contributed by atoms with Gasteiger partial charge in [-0.15, -0.1) is 11.6 Å². The Labute approximate surface area is 139 Å². The second kappa shape index (κ2) is 11.4. The minimum atomic E-state index is -1.07. The fraction of sp³-hybridized carbons (Fsp3) is 0.400. The Morgan fingerprint density at radius 3 is 2.30 bits per heavy atom. The van der Waals surface area contributed by atoms with Gasteiger partial charge in [0.15, 0.2) is 0 Å². The third-order valence-electron chi connectivity index (χ3n) is 2.67. The first-order valence-corrected chi connectivity index (χ1v) is 7.30. The van der Waals surface area contributed by atoms with Gasteiger partial charge in [0, 0.05) is 0 Å². The van der Waals surface area contributed by atoms with Crippen LogP contribution < -0.4 is 11.1 Å². The highest BCUT2D eigenvalue weighted by Gasteiger charge is 2.13. The molecule has 0 saturated heterocycles. The van der Waals surface area contributed by atoms with Crippen LogP contribution in [0.4, 0.5) is 0 Å². The van der Waals surface area contributed by atoms with Gasteiger partial charge in [0.25, 0.3) is 0 Å². The molecular weight excluding hydrogens is 324 g/mol. The Morgan fingerprint density at radius 2 is 1.87 bits per heavy atom. The molecule has 8 heteroatoms. The van der Waals surface area contributed by atoms with Crippen molar-refractivity contribution in [1.82, 2.24) is 5.32 Å². The molecule has 0 aliphatic carbocycles. The number of nitrogens with two attached hydrogens (primary N) is 1. The summed E-state index contributed by atoms with van der Waals surface area (Å²) in [6, 6.07) is 8.19. The number of amides is 1. The number of benzene rings is 1. The summed E-state index contributed by atoms with van der Waals surface area (Å²) in [5, 5.41) is 10.4. The summed E-state index contributed by atoms with van der Waals surface area (Å²) in [6.07, 6.45) is 0.521. The van der Waals surface area contributed by atoms with E-state index in [0.717, 1.165) is 5.56 Å². The average Bonchev–Trinajstić information content (AvgIpc) is 2.55. The van der Waals surface area contributed by atoms with Gasteiger partial charge in [-0.1, -0.05) is 30.3 Å². The van der Waals surface area contributed by atoms with Gasteiger partial charge < -0.3 is 20.9 Å². The van der Waals surface area contributed by atoms with Gasteiger partial charge in [0.1, 0.15) is 18.0 Å². The molecule has 0 spiro atoms. The summed E-state index contributed by atoms with van der Waals surface area (Å²) in [5.74, 6) is -2.13. The van der Waals surface area contributed by atoms with Gasteiger partial charge in [0.2, 0.25) is 5.91 Å². The Hall–Kier alpha value is -2.12. The maximum Gasteiger partial charge on any atom is 0.325 e. The van der Waals surface area contributed by atoms with Crippen molar-refractivity contribution >= 4 is 29.4 Å². The molecule has 0 bridgehead atoms. The highest BCUT2D eigenvalue weighted by atomic mass is 35.5. The Kier molecular flexibility index (Phi) is 10.4. The van der Waals surface area contributed by atoms with E-state index in [2.05, 4.69) is 10.1 Å². The number of esters is 1. The standard InChI is InChI=1S/C10H13NO2.C5H8ClNO3/c1-13-10(12)9(11)7-8-5-3-2-4-6-8;1-3(5(9)10)7-4(8)2-6/h2-6,9H,7,11H2,1H3;3H,2H2,1H3,(H,7,8)(H,9,10). The minimum absolute atomic E-state index is 0.211. The summed E-state index contributed by atoms with van der Waals surface area (Å²) >= 11 is 5.10. The van der Waals surface area contributed by atoms with Crippen LogP contribution in [0.5, 0.6) is 0 Å². The number of hydrogen-bond acceptors (Lipinski definition) is 5. The van der Waals surface area contributed by atoms with E-state index in [0.29, 0.717) is 6.42 Å². The van der Waals surface area contributed by atoms with Crippen molar-refractivity contribution < 1.29 is 24.2 Å². The molecular formula is C15H21ClN2O5. The zero-order valence-electron chi connectivity index (χ0n) is 13.0. The lowest BCUT2D eigenvalue weighted by Gasteiger charge is -2.08. The van der Waals surface area contributed by atoms with Crippen molar-refractivity contribution in [1.29, 1.82) is 0 Å². The van der Waals surface area contributed by atoms with Crippen molar-refractivity contribution in [2.45, 2.75) is 25.4 Å². The topological polar surface area (TPSA) is 119 Å². The zero-order valence-corrected chi connectivity index (χ0v) is 13.7. The van der Waals surface area contributed by atoms with Crippen LogP contribution in [-0.4, -0.2) is 48.0 Å². The number of nitrogens with one attached hydrogen (secondary N) is 1. The summed E-state index contributed by atoms with van der Waals surface area (Å²) in [4.78, 5) is 31.5. The fourth-order valence-electron chi connectivity index (χ4n) is 1.44. The number of aliphatic carboxylic acids is 1. The summed E-state index contributed by atoms with van der Waals surface area (Å²) in [6.45, 7) is 1.37. The number of methoxy groups -OCH3 is 1. The lowest BCUT2D eigenvalue weighted by Crippen LogP contribution is -2.38. The van der Waals surface area contributed by atoms with Crippen molar-refractivity contribution in [3.8, 4) is 0 Å². The van der Waals surface area contributed by atoms with E-state index >= 15 is 0 Å². The Balaban J connectivity index is 0.000000438. The van der Waals surface area contributed by atoms with Crippen molar-refractivity contribution in [3.63, 3.8) is 0 Å². The average molecular weight is 345 g/mol. The van der Waals surface area contributed by atoms with Crippen LogP contribution >= 0.6 is 11.6 Å². The first-order valence-electron chi connectivity index (χ1n) is 6.77. The third kappa shape index (κ3) is 9.49. The van der Waals surface area contributed by atoms with Crippen molar-refractivity contribution in [2.24, 2.45) is 5.73 Å². The number of carbonyl (C=O) groups is 3. The highest BCUT2D eigenvalue weighted by molar-refractivity contribution is 6.27. The van der Waals surface area contributed by atoms with Crippen LogP contribution in [0, 0.1) is 0 Å². The molecule has 2 atom stereocenters. The summed E-state index contributed by atoms with van der Waals surface area (Å²) in [7, 11) is 1.34. The molecule has 2 unspecified atom stereocenters. The zero-order chi connectivity index (χ0) is 17.8. The van der Waals surface area contributed by atoms with E-state index in [1.54, 1.807) is 0 Å². The van der Waals surface area contributed by atoms with Crippen molar-refractivity contribution in [2.75, 3.05) is 13.0 Å². The lowest BCUT2D eigenvalue weighted by atomic mass is 10.1. The van der Waals surface area contributed by atoms with Crippen LogP contribution in [0.3, 0.4) is 0 Å². The molecule has 1 amide bonds. The van der Waals surface area contributed by atoms with Gasteiger partial charge in [-0.05, 0) is 18.9 Å². The molecule has 1 aromatic carbocycles. The van der Waals surface area contributed by atoms with Crippen LogP contribution in [0.2, 0.25) is 0 Å². The summed E-state index contributed by atoms with van der Waals surface area (Å²) < 4.78 is 4.52. The van der Waals surface area contributed by atoms with Crippen LogP contribution in [0.15, 0.2) is 30.3 Å². The predicted molar refractivity (Wildman–Crippen MR) is 86.1 cm³/mol. The SMILES string of the molecule is CC(NC(=O)CCl)C(=O)O.COC(=O)C(N)Cc1ccccc1. The molecule has 1 rings (SSSR count). The maximum atomic E-state index is 11.0. The number of carboxylic acids is 1. The number of carboxylic acid groups (broad SMARTS) is 1. The normalized spacial score (nSPS) is 12.2. The number of carbonyl (C=O) groups excluding carboxylic acids is 2. The van der Waals surface area contributed by atoms with Gasteiger partial charge in [0.05, 0.1) is 7.11 Å². The molecule has 128 valence electrons. The molecule has 23 heavy (non-hydrogen) atoms. The minimum Gasteiger partial charge on any atom is -0.480 e. The maximum absolute atomic E-state index is 11.0. The van der Waals surface area contributed by atoms with Crippen LogP contribution in [-0.2, 0) is 25.5 Å². The lowest BCUT2D eigenvalue weighted by molar-refractivity contribution is -0.142. The smallest absolute Gasteiger partial charge is 0.325 e. The number of alkyl halides is 1. The molecule has 1 aromatic rings. The molecule has 0 aromatic heterocycles. The molecule has 0 fully saturated rings. The molecule has 4 N–H and O–H groups in total. The number of ether oxygens (including phenoxy) is 1. The molecule has 0 saturated carbocycles. The van der Waals surface area contributed by atoms with E-state index in [1.165, 1.54) is 14.0 Å². The Bertz CT molecular complexity index is 510. The first-order chi connectivity index (χ1) is 10.8. The molecule has 7 nitrogen and oxygen atoms in total. The molecule has 0 radical (unpaired) electrons. The molecule has 0 aliphatic heterocycles. The Morgan fingerprint density at radius 1 is 1.30 bits per heavy atom.